The Bertz CT molecular complexity index is 505. The van der Waals surface area contributed by atoms with Gasteiger partial charge in [0.2, 0.25) is 0 Å². The molecule has 0 radical (unpaired) electrons. The fourth-order valence-electron chi connectivity index (χ4n) is 3.61. The number of para-hydroxylation sites is 1. The van der Waals surface area contributed by atoms with Crippen LogP contribution in [0.4, 0.5) is 4.39 Å². The van der Waals surface area contributed by atoms with Crippen LogP contribution in [0.25, 0.3) is 0 Å². The number of fused-ring (bicyclic) bond motifs is 2. The van der Waals surface area contributed by atoms with Crippen LogP contribution in [0.5, 0.6) is 5.75 Å². The molecule has 2 aliphatic heterocycles. The van der Waals surface area contributed by atoms with Gasteiger partial charge in [-0.1, -0.05) is 12.5 Å². The molecule has 2 bridgehead atoms. The van der Waals surface area contributed by atoms with Crippen LogP contribution in [-0.4, -0.2) is 25.0 Å². The van der Waals surface area contributed by atoms with Crippen molar-refractivity contribution >= 4 is 5.78 Å². The molecule has 20 heavy (non-hydrogen) atoms. The number of carbonyl (C=O) groups is 1. The summed E-state index contributed by atoms with van der Waals surface area (Å²) in [5.41, 5.74) is 0.387. The maximum Gasteiger partial charge on any atom is 0.169 e. The predicted molar refractivity (Wildman–Crippen MR) is 74.6 cm³/mol. The van der Waals surface area contributed by atoms with Crippen molar-refractivity contribution in [1.29, 1.82) is 0 Å². The van der Waals surface area contributed by atoms with Crippen molar-refractivity contribution in [2.75, 3.05) is 7.11 Å². The summed E-state index contributed by atoms with van der Waals surface area (Å²) >= 11 is 0. The summed E-state index contributed by atoms with van der Waals surface area (Å²) < 4.78 is 18.8. The van der Waals surface area contributed by atoms with Crippen molar-refractivity contribution in [3.8, 4) is 5.75 Å². The predicted octanol–water partition coefficient (Wildman–Crippen LogP) is 2.94. The van der Waals surface area contributed by atoms with Gasteiger partial charge in [-0.25, -0.2) is 4.39 Å². The van der Waals surface area contributed by atoms with Crippen molar-refractivity contribution in [1.82, 2.24) is 5.32 Å². The minimum Gasteiger partial charge on any atom is -0.493 e. The number of ether oxygens (including phenoxy) is 1. The molecule has 0 saturated carbocycles. The van der Waals surface area contributed by atoms with Gasteiger partial charge in [-0.3, -0.25) is 4.79 Å². The molecular formula is C16H20FNO2. The van der Waals surface area contributed by atoms with Gasteiger partial charge in [0.1, 0.15) is 0 Å². The minimum absolute atomic E-state index is 0.0118. The smallest absolute Gasteiger partial charge is 0.169 e. The summed E-state index contributed by atoms with van der Waals surface area (Å²) in [6.45, 7) is 0. The molecule has 2 saturated heterocycles. The van der Waals surface area contributed by atoms with Gasteiger partial charge in [-0.2, -0.15) is 0 Å². The molecule has 108 valence electrons. The lowest BCUT2D eigenvalue weighted by Crippen LogP contribution is -2.50. The molecule has 2 atom stereocenters. The number of ketones is 1. The molecule has 1 aromatic carbocycles. The molecule has 2 unspecified atom stereocenters. The second kappa shape index (κ2) is 5.52. The fourth-order valence-corrected chi connectivity index (χ4v) is 3.61. The number of methoxy groups -OCH3 is 1. The summed E-state index contributed by atoms with van der Waals surface area (Å²) in [4.78, 5) is 12.7. The van der Waals surface area contributed by atoms with Crippen LogP contribution in [0.15, 0.2) is 18.2 Å². The molecular weight excluding hydrogens is 257 g/mol. The zero-order chi connectivity index (χ0) is 14.1. The Hall–Kier alpha value is -1.42. The Morgan fingerprint density at radius 1 is 1.30 bits per heavy atom. The van der Waals surface area contributed by atoms with Gasteiger partial charge in [0.05, 0.1) is 12.7 Å². The average Bonchev–Trinajstić information content (AvgIpc) is 2.45. The molecule has 1 N–H and O–H groups in total. The molecule has 2 fully saturated rings. The third kappa shape index (κ3) is 2.44. The minimum atomic E-state index is -0.465. The van der Waals surface area contributed by atoms with E-state index in [0.717, 1.165) is 25.7 Å². The summed E-state index contributed by atoms with van der Waals surface area (Å²) in [6, 6.07) is 5.45. The molecule has 2 aliphatic rings. The molecule has 0 aliphatic carbocycles. The number of rotatable bonds is 3. The third-order valence-electron chi connectivity index (χ3n) is 4.52. The zero-order valence-electron chi connectivity index (χ0n) is 11.7. The standard InChI is InChI=1S/C16H20FNO2/c1-20-16-13(6-3-7-14(16)17)15(19)10-8-11-4-2-5-12(9-10)18-11/h3,6-7,10-12,18H,2,4-5,8-9H2,1H3. The monoisotopic (exact) mass is 277 g/mol. The number of halogens is 1. The number of hydrogen-bond acceptors (Lipinski definition) is 3. The summed E-state index contributed by atoms with van der Waals surface area (Å²) in [5.74, 6) is -0.365. The fraction of sp³-hybridized carbons (Fsp3) is 0.562. The molecule has 2 heterocycles. The Morgan fingerprint density at radius 2 is 2.00 bits per heavy atom. The van der Waals surface area contributed by atoms with Crippen molar-refractivity contribution in [2.24, 2.45) is 5.92 Å². The van der Waals surface area contributed by atoms with Crippen LogP contribution >= 0.6 is 0 Å². The van der Waals surface area contributed by atoms with E-state index < -0.39 is 5.82 Å². The van der Waals surface area contributed by atoms with Gasteiger partial charge < -0.3 is 10.1 Å². The van der Waals surface area contributed by atoms with Crippen molar-refractivity contribution in [3.63, 3.8) is 0 Å². The summed E-state index contributed by atoms with van der Waals surface area (Å²) in [6.07, 6.45) is 5.23. The Labute approximate surface area is 118 Å². The normalized spacial score (nSPS) is 29.0. The maximum absolute atomic E-state index is 13.7. The van der Waals surface area contributed by atoms with Gasteiger partial charge in [0.25, 0.3) is 0 Å². The Balaban J connectivity index is 1.84. The van der Waals surface area contributed by atoms with Gasteiger partial charge in [0.15, 0.2) is 17.3 Å². The number of nitrogens with one attached hydrogen (secondary N) is 1. The lowest BCUT2D eigenvalue weighted by Gasteiger charge is -2.39. The van der Waals surface area contributed by atoms with Gasteiger partial charge in [-0.15, -0.1) is 0 Å². The van der Waals surface area contributed by atoms with Crippen LogP contribution < -0.4 is 10.1 Å². The van der Waals surface area contributed by atoms with Crippen LogP contribution in [0, 0.1) is 11.7 Å². The highest BCUT2D eigenvalue weighted by Crippen LogP contribution is 2.34. The van der Waals surface area contributed by atoms with Gasteiger partial charge in [0, 0.05) is 18.0 Å². The van der Waals surface area contributed by atoms with Gasteiger partial charge >= 0.3 is 0 Å². The van der Waals surface area contributed by atoms with Crippen LogP contribution in [0.2, 0.25) is 0 Å². The zero-order valence-corrected chi connectivity index (χ0v) is 11.7. The quantitative estimate of drug-likeness (QED) is 0.863. The van der Waals surface area contributed by atoms with E-state index in [1.54, 1.807) is 12.1 Å². The summed E-state index contributed by atoms with van der Waals surface area (Å²) in [7, 11) is 1.41. The summed E-state index contributed by atoms with van der Waals surface area (Å²) in [5, 5.41) is 3.57. The molecule has 0 aromatic heterocycles. The average molecular weight is 277 g/mol. The molecule has 1 aromatic rings. The van der Waals surface area contributed by atoms with Gasteiger partial charge in [-0.05, 0) is 37.8 Å². The SMILES string of the molecule is COc1c(F)cccc1C(=O)C1CC2CCCC(C1)N2. The van der Waals surface area contributed by atoms with Crippen molar-refractivity contribution in [2.45, 2.75) is 44.2 Å². The number of hydrogen-bond donors (Lipinski definition) is 1. The van der Waals surface area contributed by atoms with E-state index >= 15 is 0 Å². The first kappa shape index (κ1) is 13.6. The second-order valence-corrected chi connectivity index (χ2v) is 5.84. The lowest BCUT2D eigenvalue weighted by atomic mass is 9.77. The number of Topliss-reactive ketones (excluding diaryl/α,β-unsaturated/α-hetero) is 1. The van der Waals surface area contributed by atoms with Crippen molar-refractivity contribution in [3.05, 3.63) is 29.6 Å². The molecule has 0 spiro atoms. The highest BCUT2D eigenvalue weighted by Gasteiger charge is 2.35. The molecule has 3 rings (SSSR count). The Kier molecular flexibility index (Phi) is 3.74. The number of carbonyl (C=O) groups excluding carboxylic acids is 1. The largest absolute Gasteiger partial charge is 0.493 e. The van der Waals surface area contributed by atoms with E-state index in [-0.39, 0.29) is 17.5 Å². The number of piperidine rings is 2. The van der Waals surface area contributed by atoms with Crippen LogP contribution in [0.1, 0.15) is 42.5 Å². The van der Waals surface area contributed by atoms with E-state index in [1.807, 2.05) is 0 Å². The van der Waals surface area contributed by atoms with E-state index in [0.29, 0.717) is 17.6 Å². The topological polar surface area (TPSA) is 38.3 Å². The second-order valence-electron chi connectivity index (χ2n) is 5.84. The lowest BCUT2D eigenvalue weighted by molar-refractivity contribution is 0.0821. The van der Waals surface area contributed by atoms with Crippen LogP contribution in [-0.2, 0) is 0 Å². The Morgan fingerprint density at radius 3 is 2.65 bits per heavy atom. The highest BCUT2D eigenvalue weighted by atomic mass is 19.1. The third-order valence-corrected chi connectivity index (χ3v) is 4.52. The number of benzene rings is 1. The first-order valence-corrected chi connectivity index (χ1v) is 7.32. The maximum atomic E-state index is 13.7. The van der Waals surface area contributed by atoms with E-state index in [4.69, 9.17) is 4.74 Å². The highest BCUT2D eigenvalue weighted by molar-refractivity contribution is 6.00. The first-order chi connectivity index (χ1) is 9.69. The molecule has 3 nitrogen and oxygen atoms in total. The van der Waals surface area contributed by atoms with Crippen LogP contribution in [0.3, 0.4) is 0 Å². The molecule has 4 heteroatoms. The first-order valence-electron chi connectivity index (χ1n) is 7.32. The van der Waals surface area contributed by atoms with Crippen molar-refractivity contribution < 1.29 is 13.9 Å². The van der Waals surface area contributed by atoms with E-state index in [1.165, 1.54) is 19.6 Å². The van der Waals surface area contributed by atoms with E-state index in [9.17, 15) is 9.18 Å². The molecule has 0 amide bonds. The van der Waals surface area contributed by atoms with E-state index in [2.05, 4.69) is 5.32 Å².